The van der Waals surface area contributed by atoms with Crippen LogP contribution in [-0.2, 0) is 11.3 Å². The molecule has 1 aromatic carbocycles. The summed E-state index contributed by atoms with van der Waals surface area (Å²) < 4.78 is 0. The predicted molar refractivity (Wildman–Crippen MR) is 126 cm³/mol. The van der Waals surface area contributed by atoms with Crippen LogP contribution in [0.1, 0.15) is 40.4 Å². The van der Waals surface area contributed by atoms with Crippen molar-refractivity contribution in [2.45, 2.75) is 52.7 Å². The molecular weight excluding hydrogens is 406 g/mol. The molecule has 0 spiro atoms. The number of nitrogens with zero attached hydrogens (tertiary/aromatic N) is 4. The summed E-state index contributed by atoms with van der Waals surface area (Å²) in [4.78, 5) is 37.9. The fourth-order valence-corrected chi connectivity index (χ4v) is 3.73. The van der Waals surface area contributed by atoms with E-state index in [1.807, 2.05) is 63.8 Å². The van der Waals surface area contributed by atoms with Gasteiger partial charge in [0.05, 0.1) is 12.1 Å². The predicted octanol–water partition coefficient (Wildman–Crippen LogP) is 2.18. The molecule has 1 fully saturated rings. The van der Waals surface area contributed by atoms with Crippen molar-refractivity contribution in [1.29, 1.82) is 0 Å². The second-order valence-corrected chi connectivity index (χ2v) is 9.72. The van der Waals surface area contributed by atoms with E-state index in [1.54, 1.807) is 0 Å². The number of rotatable bonds is 6. The molecule has 32 heavy (non-hydrogen) atoms. The molecule has 3 rings (SSSR count). The number of nitrogens with two attached hydrogens (primary N) is 1. The highest BCUT2D eigenvalue weighted by Crippen LogP contribution is 2.23. The Morgan fingerprint density at radius 3 is 2.34 bits per heavy atom. The van der Waals surface area contributed by atoms with Crippen LogP contribution in [0, 0.1) is 5.92 Å². The second-order valence-electron chi connectivity index (χ2n) is 9.72. The van der Waals surface area contributed by atoms with Crippen LogP contribution in [0.3, 0.4) is 0 Å². The van der Waals surface area contributed by atoms with E-state index < -0.39 is 11.9 Å². The molecular formula is C23H35N7O2. The van der Waals surface area contributed by atoms with Crippen molar-refractivity contribution in [3.63, 3.8) is 0 Å². The SMILES string of the molecule is CC(C)C(Nc1nc(CN2CCN(C(=O)NC(C)(C)C)CC2)nc2ccccc12)C(N)=O. The number of hydrogen-bond donors (Lipinski definition) is 3. The van der Waals surface area contributed by atoms with Crippen molar-refractivity contribution >= 4 is 28.7 Å². The number of para-hydroxylation sites is 1. The summed E-state index contributed by atoms with van der Waals surface area (Å²) in [5.41, 5.74) is 6.16. The molecule has 9 nitrogen and oxygen atoms in total. The highest BCUT2D eigenvalue weighted by atomic mass is 16.2. The average Bonchev–Trinajstić information content (AvgIpc) is 2.70. The number of nitrogens with one attached hydrogen (secondary N) is 2. The summed E-state index contributed by atoms with van der Waals surface area (Å²) >= 11 is 0. The first-order chi connectivity index (χ1) is 15.0. The van der Waals surface area contributed by atoms with Crippen LogP contribution in [0.15, 0.2) is 24.3 Å². The lowest BCUT2D eigenvalue weighted by molar-refractivity contribution is -0.119. The van der Waals surface area contributed by atoms with Gasteiger partial charge < -0.3 is 21.3 Å². The van der Waals surface area contributed by atoms with Crippen LogP contribution in [0.2, 0.25) is 0 Å². The van der Waals surface area contributed by atoms with Gasteiger partial charge in [-0.1, -0.05) is 26.0 Å². The van der Waals surface area contributed by atoms with Crippen molar-refractivity contribution in [1.82, 2.24) is 25.1 Å². The number of fused-ring (bicyclic) bond motifs is 1. The third kappa shape index (κ3) is 6.06. The Morgan fingerprint density at radius 2 is 1.75 bits per heavy atom. The average molecular weight is 442 g/mol. The van der Waals surface area contributed by atoms with E-state index in [-0.39, 0.29) is 17.5 Å². The van der Waals surface area contributed by atoms with E-state index in [1.165, 1.54) is 0 Å². The third-order valence-electron chi connectivity index (χ3n) is 5.42. The largest absolute Gasteiger partial charge is 0.368 e. The fraction of sp³-hybridized carbons (Fsp3) is 0.565. The van der Waals surface area contributed by atoms with E-state index in [0.29, 0.717) is 31.3 Å². The van der Waals surface area contributed by atoms with Crippen LogP contribution >= 0.6 is 0 Å². The number of urea groups is 1. The zero-order chi connectivity index (χ0) is 23.5. The molecule has 0 radical (unpaired) electrons. The molecule has 174 valence electrons. The number of benzene rings is 1. The normalized spacial score (nSPS) is 16.2. The molecule has 2 heterocycles. The van der Waals surface area contributed by atoms with Gasteiger partial charge in [0, 0.05) is 37.1 Å². The highest BCUT2D eigenvalue weighted by molar-refractivity contribution is 5.91. The van der Waals surface area contributed by atoms with Crippen molar-refractivity contribution in [3.8, 4) is 0 Å². The Morgan fingerprint density at radius 1 is 1.09 bits per heavy atom. The maximum absolute atomic E-state index is 12.4. The first-order valence-corrected chi connectivity index (χ1v) is 11.1. The summed E-state index contributed by atoms with van der Waals surface area (Å²) in [6.07, 6.45) is 0. The summed E-state index contributed by atoms with van der Waals surface area (Å²) in [5, 5.41) is 7.11. The number of primary amides is 1. The molecule has 1 atom stereocenters. The van der Waals surface area contributed by atoms with Crippen LogP contribution < -0.4 is 16.4 Å². The number of piperazine rings is 1. The van der Waals surface area contributed by atoms with E-state index in [2.05, 4.69) is 15.5 Å². The first kappa shape index (κ1) is 23.7. The molecule has 0 saturated carbocycles. The van der Waals surface area contributed by atoms with Gasteiger partial charge in [-0.2, -0.15) is 0 Å². The number of anilines is 1. The van der Waals surface area contributed by atoms with Gasteiger partial charge in [0.2, 0.25) is 5.91 Å². The molecule has 1 aromatic heterocycles. The Balaban J connectivity index is 1.73. The highest BCUT2D eigenvalue weighted by Gasteiger charge is 2.25. The van der Waals surface area contributed by atoms with Gasteiger partial charge in [-0.3, -0.25) is 9.69 Å². The van der Waals surface area contributed by atoms with E-state index >= 15 is 0 Å². The lowest BCUT2D eigenvalue weighted by Crippen LogP contribution is -2.54. The Kier molecular flexibility index (Phi) is 7.18. The van der Waals surface area contributed by atoms with Gasteiger partial charge in [0.1, 0.15) is 17.7 Å². The van der Waals surface area contributed by atoms with Crippen molar-refractivity contribution < 1.29 is 9.59 Å². The lowest BCUT2D eigenvalue weighted by atomic mass is 10.0. The molecule has 1 unspecified atom stereocenters. The molecule has 1 aliphatic heterocycles. The third-order valence-corrected chi connectivity index (χ3v) is 5.42. The van der Waals surface area contributed by atoms with Gasteiger partial charge in [-0.15, -0.1) is 0 Å². The summed E-state index contributed by atoms with van der Waals surface area (Å²) in [6.45, 7) is 13.2. The van der Waals surface area contributed by atoms with Gasteiger partial charge in [-0.25, -0.2) is 14.8 Å². The van der Waals surface area contributed by atoms with Gasteiger partial charge in [0.25, 0.3) is 0 Å². The molecule has 0 bridgehead atoms. The van der Waals surface area contributed by atoms with Crippen molar-refractivity contribution in [3.05, 3.63) is 30.1 Å². The molecule has 4 N–H and O–H groups in total. The maximum Gasteiger partial charge on any atom is 0.317 e. The quantitative estimate of drug-likeness (QED) is 0.633. The molecule has 9 heteroatoms. The van der Waals surface area contributed by atoms with E-state index in [4.69, 9.17) is 15.7 Å². The smallest absolute Gasteiger partial charge is 0.317 e. The standard InChI is InChI=1S/C23H35N7O2/c1-15(2)19(20(24)31)27-21-16-8-6-7-9-17(16)25-18(26-21)14-29-10-12-30(13-11-29)22(32)28-23(3,4)5/h6-9,15,19H,10-14H2,1-5H3,(H2,24,31)(H,28,32)(H,25,26,27). The lowest BCUT2D eigenvalue weighted by Gasteiger charge is -2.36. The van der Waals surface area contributed by atoms with Crippen LogP contribution in [-0.4, -0.2) is 69.5 Å². The van der Waals surface area contributed by atoms with Gasteiger partial charge in [-0.05, 0) is 38.8 Å². The Hall–Kier alpha value is -2.94. The Labute approximate surface area is 189 Å². The van der Waals surface area contributed by atoms with Gasteiger partial charge >= 0.3 is 6.03 Å². The zero-order valence-electron chi connectivity index (χ0n) is 19.7. The molecule has 1 aliphatic rings. The fourth-order valence-electron chi connectivity index (χ4n) is 3.73. The number of hydrogen-bond acceptors (Lipinski definition) is 6. The van der Waals surface area contributed by atoms with Crippen LogP contribution in [0.5, 0.6) is 0 Å². The van der Waals surface area contributed by atoms with Crippen LogP contribution in [0.4, 0.5) is 10.6 Å². The summed E-state index contributed by atoms with van der Waals surface area (Å²) in [5.74, 6) is 0.906. The van der Waals surface area contributed by atoms with Crippen LogP contribution in [0.25, 0.3) is 10.9 Å². The number of carbonyl (C=O) groups is 2. The second kappa shape index (κ2) is 9.68. The molecule has 2 aromatic rings. The Bertz CT molecular complexity index is 962. The van der Waals surface area contributed by atoms with Crippen molar-refractivity contribution in [2.75, 3.05) is 31.5 Å². The minimum absolute atomic E-state index is 0.0250. The van der Waals surface area contributed by atoms with Gasteiger partial charge in [0.15, 0.2) is 0 Å². The summed E-state index contributed by atoms with van der Waals surface area (Å²) in [6, 6.07) is 7.18. The zero-order valence-corrected chi connectivity index (χ0v) is 19.7. The molecule has 3 amide bonds. The van der Waals surface area contributed by atoms with E-state index in [0.717, 1.165) is 24.0 Å². The maximum atomic E-state index is 12.4. The first-order valence-electron chi connectivity index (χ1n) is 11.1. The summed E-state index contributed by atoms with van der Waals surface area (Å²) in [7, 11) is 0. The van der Waals surface area contributed by atoms with E-state index in [9.17, 15) is 9.59 Å². The minimum atomic E-state index is -0.522. The minimum Gasteiger partial charge on any atom is -0.368 e. The topological polar surface area (TPSA) is 116 Å². The number of amides is 3. The molecule has 0 aliphatic carbocycles. The number of aromatic nitrogens is 2. The van der Waals surface area contributed by atoms with Crippen molar-refractivity contribution in [2.24, 2.45) is 11.7 Å². The molecule has 1 saturated heterocycles. The number of carbonyl (C=O) groups excluding carboxylic acids is 2. The monoisotopic (exact) mass is 441 g/mol.